The molecule has 1 aromatic carbocycles. The molecule has 1 aliphatic carbocycles. The lowest BCUT2D eigenvalue weighted by Crippen LogP contribution is -2.54. The van der Waals surface area contributed by atoms with Gasteiger partial charge in [-0.3, -0.25) is 9.59 Å². The molecule has 7 heteroatoms. The first-order valence-electron chi connectivity index (χ1n) is 9.05. The van der Waals surface area contributed by atoms with Crippen molar-refractivity contribution in [3.63, 3.8) is 0 Å². The fourth-order valence-electron chi connectivity index (χ4n) is 3.45. The van der Waals surface area contributed by atoms with Crippen LogP contribution in [0.1, 0.15) is 45.2 Å². The normalized spacial score (nSPS) is 21.8. The average molecular weight is 373 g/mol. The van der Waals surface area contributed by atoms with Crippen LogP contribution in [0.15, 0.2) is 35.1 Å². The summed E-state index contributed by atoms with van der Waals surface area (Å²) < 4.78 is 15.3. The predicted octanol–water partition coefficient (Wildman–Crippen LogP) is 2.20. The van der Waals surface area contributed by atoms with Gasteiger partial charge in [-0.1, -0.05) is 32.0 Å². The van der Waals surface area contributed by atoms with E-state index in [0.717, 1.165) is 4.68 Å². The van der Waals surface area contributed by atoms with Crippen molar-refractivity contribution in [2.45, 2.75) is 57.7 Å². The summed E-state index contributed by atoms with van der Waals surface area (Å²) in [5.41, 5.74) is 0.116. The number of benzene rings is 1. The number of nitrogens with one attached hydrogen (secondary N) is 1. The predicted molar refractivity (Wildman–Crippen MR) is 99.8 cm³/mol. The van der Waals surface area contributed by atoms with Crippen LogP contribution in [0.4, 0.5) is 4.39 Å². The van der Waals surface area contributed by atoms with Crippen LogP contribution in [0.25, 0.3) is 11.1 Å². The van der Waals surface area contributed by atoms with E-state index in [1.54, 1.807) is 25.1 Å². The molecular weight excluding hydrogens is 349 g/mol. The van der Waals surface area contributed by atoms with Gasteiger partial charge in [0.25, 0.3) is 5.56 Å². The lowest BCUT2D eigenvalue weighted by molar-refractivity contribution is -0.125. The Hall–Kier alpha value is -2.54. The third-order valence-corrected chi connectivity index (χ3v) is 4.77. The van der Waals surface area contributed by atoms with E-state index in [-0.39, 0.29) is 24.4 Å². The minimum absolute atomic E-state index is 0.0590. The van der Waals surface area contributed by atoms with E-state index < -0.39 is 17.0 Å². The second kappa shape index (κ2) is 7.23. The van der Waals surface area contributed by atoms with Crippen LogP contribution in [0.3, 0.4) is 0 Å². The number of rotatable bonds is 5. The van der Waals surface area contributed by atoms with E-state index in [1.165, 1.54) is 12.1 Å². The van der Waals surface area contributed by atoms with Gasteiger partial charge in [-0.2, -0.15) is 5.10 Å². The van der Waals surface area contributed by atoms with Crippen molar-refractivity contribution in [2.24, 2.45) is 0 Å². The molecule has 2 aromatic rings. The fourth-order valence-corrected chi connectivity index (χ4v) is 3.45. The van der Waals surface area contributed by atoms with Gasteiger partial charge in [0.05, 0.1) is 11.3 Å². The average Bonchev–Trinajstić information content (AvgIpc) is 2.55. The molecule has 0 bridgehead atoms. The Bertz CT molecular complexity index is 913. The van der Waals surface area contributed by atoms with E-state index in [1.807, 2.05) is 13.8 Å². The number of carbonyl (C=O) groups excluding carboxylic acids is 1. The highest BCUT2D eigenvalue weighted by molar-refractivity contribution is 5.76. The van der Waals surface area contributed by atoms with Crippen molar-refractivity contribution >= 4 is 5.91 Å². The third-order valence-electron chi connectivity index (χ3n) is 4.77. The largest absolute Gasteiger partial charge is 0.390 e. The van der Waals surface area contributed by atoms with Gasteiger partial charge < -0.3 is 10.4 Å². The molecule has 1 amide bonds. The number of nitrogens with zero attached hydrogens (tertiary/aromatic N) is 2. The summed E-state index contributed by atoms with van der Waals surface area (Å²) in [6.07, 6.45) is 0.981. The van der Waals surface area contributed by atoms with Crippen LogP contribution in [0, 0.1) is 5.82 Å². The van der Waals surface area contributed by atoms with Gasteiger partial charge in [0.1, 0.15) is 12.4 Å². The molecule has 0 unspecified atom stereocenters. The molecule has 0 saturated heterocycles. The Morgan fingerprint density at radius 3 is 2.63 bits per heavy atom. The van der Waals surface area contributed by atoms with Crippen molar-refractivity contribution in [3.05, 3.63) is 52.2 Å². The number of aliphatic hydroxyl groups is 1. The number of hydrogen-bond donors (Lipinski definition) is 2. The lowest BCUT2D eigenvalue weighted by atomic mass is 9.77. The Morgan fingerprint density at radius 1 is 1.37 bits per heavy atom. The van der Waals surface area contributed by atoms with Gasteiger partial charge in [0.15, 0.2) is 0 Å². The molecule has 1 saturated carbocycles. The topological polar surface area (TPSA) is 84.2 Å². The number of amides is 1. The van der Waals surface area contributed by atoms with Gasteiger partial charge >= 0.3 is 0 Å². The van der Waals surface area contributed by atoms with E-state index in [4.69, 9.17) is 0 Å². The van der Waals surface area contributed by atoms with Crippen LogP contribution >= 0.6 is 0 Å². The molecule has 1 aliphatic rings. The SMILES string of the molecule is CC(C)c1nn(CC(=O)N[C@H]2C[C@](C)(O)C2)c(=O)cc1-c1ccccc1F. The monoisotopic (exact) mass is 373 g/mol. The highest BCUT2D eigenvalue weighted by Crippen LogP contribution is 2.31. The fraction of sp³-hybridized carbons (Fsp3) is 0.450. The molecule has 1 fully saturated rings. The first-order chi connectivity index (χ1) is 12.7. The zero-order chi connectivity index (χ0) is 19.8. The highest BCUT2D eigenvalue weighted by Gasteiger charge is 2.39. The molecule has 3 rings (SSSR count). The maximum Gasteiger partial charge on any atom is 0.267 e. The summed E-state index contributed by atoms with van der Waals surface area (Å²) in [5, 5.41) is 16.9. The number of halogens is 1. The molecule has 144 valence electrons. The minimum atomic E-state index is -0.737. The maximum atomic E-state index is 14.2. The molecule has 1 aromatic heterocycles. The molecule has 0 radical (unpaired) electrons. The van der Waals surface area contributed by atoms with Gasteiger partial charge in [0.2, 0.25) is 5.91 Å². The minimum Gasteiger partial charge on any atom is -0.390 e. The summed E-state index contributed by atoms with van der Waals surface area (Å²) in [4.78, 5) is 24.7. The quantitative estimate of drug-likeness (QED) is 0.842. The van der Waals surface area contributed by atoms with Crippen molar-refractivity contribution in [1.82, 2.24) is 15.1 Å². The summed E-state index contributed by atoms with van der Waals surface area (Å²) in [5.74, 6) is -0.817. The van der Waals surface area contributed by atoms with Crippen LogP contribution < -0.4 is 10.9 Å². The Balaban J connectivity index is 1.85. The first kappa shape index (κ1) is 19.2. The Kier molecular flexibility index (Phi) is 5.15. The van der Waals surface area contributed by atoms with Gasteiger partial charge in [-0.15, -0.1) is 0 Å². The summed E-state index contributed by atoms with van der Waals surface area (Å²) >= 11 is 0. The van der Waals surface area contributed by atoms with Crippen LogP contribution in [0.2, 0.25) is 0 Å². The van der Waals surface area contributed by atoms with Crippen molar-refractivity contribution in [1.29, 1.82) is 0 Å². The maximum absolute atomic E-state index is 14.2. The summed E-state index contributed by atoms with van der Waals surface area (Å²) in [6.45, 7) is 5.31. The van der Waals surface area contributed by atoms with Gasteiger partial charge in [-0.25, -0.2) is 9.07 Å². The molecular formula is C20H24FN3O3. The zero-order valence-electron chi connectivity index (χ0n) is 15.7. The van der Waals surface area contributed by atoms with Gasteiger partial charge in [0, 0.05) is 23.2 Å². The van der Waals surface area contributed by atoms with Crippen LogP contribution in [-0.2, 0) is 11.3 Å². The van der Waals surface area contributed by atoms with E-state index in [0.29, 0.717) is 29.7 Å². The molecule has 0 spiro atoms. The van der Waals surface area contributed by atoms with Crippen LogP contribution in [-0.4, -0.2) is 32.4 Å². The molecule has 0 aliphatic heterocycles. The molecule has 6 nitrogen and oxygen atoms in total. The molecule has 27 heavy (non-hydrogen) atoms. The summed E-state index contributed by atoms with van der Waals surface area (Å²) in [7, 11) is 0. The van der Waals surface area contributed by atoms with E-state index in [9.17, 15) is 19.1 Å². The third kappa shape index (κ3) is 4.24. The van der Waals surface area contributed by atoms with Crippen LogP contribution in [0.5, 0.6) is 0 Å². The lowest BCUT2D eigenvalue weighted by Gasteiger charge is -2.41. The molecule has 2 N–H and O–H groups in total. The second-order valence-corrected chi connectivity index (χ2v) is 7.74. The second-order valence-electron chi connectivity index (χ2n) is 7.74. The zero-order valence-corrected chi connectivity index (χ0v) is 15.7. The van der Waals surface area contributed by atoms with Crippen molar-refractivity contribution in [3.8, 4) is 11.1 Å². The van der Waals surface area contributed by atoms with E-state index >= 15 is 0 Å². The standard InChI is InChI=1S/C20H24FN3O3/c1-12(2)19-15(14-6-4-5-7-16(14)21)8-18(26)24(23-19)11-17(25)22-13-9-20(3,27)10-13/h4-8,12-13,27H,9-11H2,1-3H3,(H,22,25)/t13-,20-. The number of hydrogen-bond acceptors (Lipinski definition) is 4. The number of aromatic nitrogens is 2. The van der Waals surface area contributed by atoms with Gasteiger partial charge in [-0.05, 0) is 31.7 Å². The first-order valence-corrected chi connectivity index (χ1v) is 9.05. The van der Waals surface area contributed by atoms with Crippen molar-refractivity contribution in [2.75, 3.05) is 0 Å². The van der Waals surface area contributed by atoms with E-state index in [2.05, 4.69) is 10.4 Å². The molecule has 1 heterocycles. The smallest absolute Gasteiger partial charge is 0.267 e. The van der Waals surface area contributed by atoms with Crippen molar-refractivity contribution < 1.29 is 14.3 Å². The Labute approximate surface area is 157 Å². The Morgan fingerprint density at radius 2 is 2.04 bits per heavy atom. The number of carbonyl (C=O) groups is 1. The summed E-state index contributed by atoms with van der Waals surface area (Å²) in [6, 6.07) is 7.48. The molecule has 0 atom stereocenters. The highest BCUT2D eigenvalue weighted by atomic mass is 19.1.